The number of rotatable bonds is 6. The third-order valence-electron chi connectivity index (χ3n) is 3.56. The molecule has 1 aromatic carbocycles. The van der Waals surface area contributed by atoms with Gasteiger partial charge in [0.25, 0.3) is 0 Å². The first-order valence-electron chi connectivity index (χ1n) is 7.05. The van der Waals surface area contributed by atoms with Crippen LogP contribution < -0.4 is 5.32 Å². The number of benzene rings is 1. The second-order valence-electron chi connectivity index (χ2n) is 5.40. The van der Waals surface area contributed by atoms with Crippen LogP contribution in [0.1, 0.15) is 43.3 Å². The van der Waals surface area contributed by atoms with Crippen molar-refractivity contribution in [1.29, 1.82) is 0 Å². The van der Waals surface area contributed by atoms with E-state index in [1.807, 2.05) is 11.3 Å². The molecule has 0 fully saturated rings. The van der Waals surface area contributed by atoms with Gasteiger partial charge in [-0.1, -0.05) is 32.0 Å². The van der Waals surface area contributed by atoms with Gasteiger partial charge in [-0.15, -0.1) is 23.1 Å². The molecule has 0 saturated carbocycles. The van der Waals surface area contributed by atoms with Crippen molar-refractivity contribution in [2.75, 3.05) is 6.26 Å². The van der Waals surface area contributed by atoms with Crippen LogP contribution in [0.2, 0.25) is 0 Å². The lowest BCUT2D eigenvalue weighted by molar-refractivity contribution is 0.379. The van der Waals surface area contributed by atoms with Crippen molar-refractivity contribution in [3.8, 4) is 0 Å². The Labute approximate surface area is 130 Å². The Balaban J connectivity index is 2.09. The van der Waals surface area contributed by atoms with Crippen molar-refractivity contribution in [2.24, 2.45) is 5.92 Å². The normalized spacial score (nSPS) is 14.4. The molecule has 0 aliphatic rings. The van der Waals surface area contributed by atoms with Gasteiger partial charge < -0.3 is 5.32 Å². The first-order chi connectivity index (χ1) is 9.61. The third kappa shape index (κ3) is 3.87. The molecule has 0 aliphatic carbocycles. The molecule has 0 amide bonds. The zero-order valence-electron chi connectivity index (χ0n) is 12.6. The number of nitrogens with one attached hydrogen (secondary N) is 1. The van der Waals surface area contributed by atoms with E-state index in [2.05, 4.69) is 74.1 Å². The largest absolute Gasteiger partial charge is 0.302 e. The van der Waals surface area contributed by atoms with Gasteiger partial charge in [-0.2, -0.15) is 0 Å². The van der Waals surface area contributed by atoms with E-state index in [-0.39, 0.29) is 0 Å². The number of thioether (sulfide) groups is 1. The quantitative estimate of drug-likeness (QED) is 0.705. The molecular weight excluding hydrogens is 282 g/mol. The molecule has 108 valence electrons. The van der Waals surface area contributed by atoms with Gasteiger partial charge in [0.15, 0.2) is 0 Å². The Morgan fingerprint density at radius 3 is 2.25 bits per heavy atom. The second-order valence-corrected chi connectivity index (χ2v) is 7.26. The fourth-order valence-corrected chi connectivity index (χ4v) is 3.70. The Hall–Kier alpha value is -0.770. The molecule has 20 heavy (non-hydrogen) atoms. The predicted octanol–water partition coefficient (Wildman–Crippen LogP) is 5.52. The summed E-state index contributed by atoms with van der Waals surface area (Å²) >= 11 is 3.62. The molecular formula is C17H23NS2. The van der Waals surface area contributed by atoms with Crippen molar-refractivity contribution in [3.05, 3.63) is 52.2 Å². The molecule has 1 nitrogen and oxygen atoms in total. The standard InChI is InChI=1S/C17H23NS2/c1-12(2)17(16-6-5-11-20-16)18-13(3)14-7-9-15(19-4)10-8-14/h5-13,17-18H,1-4H3. The van der Waals surface area contributed by atoms with Crippen molar-refractivity contribution < 1.29 is 0 Å². The smallest absolute Gasteiger partial charge is 0.0442 e. The van der Waals surface area contributed by atoms with Crippen molar-refractivity contribution >= 4 is 23.1 Å². The highest BCUT2D eigenvalue weighted by molar-refractivity contribution is 7.98. The van der Waals surface area contributed by atoms with Gasteiger partial charge in [-0.05, 0) is 48.2 Å². The molecule has 0 saturated heterocycles. The highest BCUT2D eigenvalue weighted by Gasteiger charge is 2.19. The second kappa shape index (κ2) is 7.30. The summed E-state index contributed by atoms with van der Waals surface area (Å²) in [6.07, 6.45) is 2.11. The first-order valence-corrected chi connectivity index (χ1v) is 9.15. The average molecular weight is 306 g/mol. The van der Waals surface area contributed by atoms with Gasteiger partial charge in [-0.3, -0.25) is 0 Å². The fourth-order valence-electron chi connectivity index (χ4n) is 2.33. The molecule has 2 atom stereocenters. The number of hydrogen-bond acceptors (Lipinski definition) is 3. The molecule has 2 aromatic rings. The van der Waals surface area contributed by atoms with Gasteiger partial charge >= 0.3 is 0 Å². The lowest BCUT2D eigenvalue weighted by Gasteiger charge is -2.26. The summed E-state index contributed by atoms with van der Waals surface area (Å²) in [7, 11) is 0. The van der Waals surface area contributed by atoms with Crippen LogP contribution in [0, 0.1) is 5.92 Å². The first kappa shape index (κ1) is 15.6. The van der Waals surface area contributed by atoms with Crippen molar-refractivity contribution in [2.45, 2.75) is 37.8 Å². The van der Waals surface area contributed by atoms with Gasteiger partial charge in [0.05, 0.1) is 0 Å². The third-order valence-corrected chi connectivity index (χ3v) is 5.26. The molecule has 3 heteroatoms. The Morgan fingerprint density at radius 2 is 1.75 bits per heavy atom. The molecule has 1 aromatic heterocycles. The maximum Gasteiger partial charge on any atom is 0.0442 e. The maximum atomic E-state index is 3.78. The molecule has 1 heterocycles. The number of thiophene rings is 1. The molecule has 0 radical (unpaired) electrons. The van der Waals surface area contributed by atoms with E-state index in [4.69, 9.17) is 0 Å². The molecule has 0 aliphatic heterocycles. The van der Waals surface area contributed by atoms with Crippen LogP contribution in [0.3, 0.4) is 0 Å². The number of hydrogen-bond donors (Lipinski definition) is 1. The summed E-state index contributed by atoms with van der Waals surface area (Å²) in [5.74, 6) is 0.585. The summed E-state index contributed by atoms with van der Waals surface area (Å²) < 4.78 is 0. The van der Waals surface area contributed by atoms with Gasteiger partial charge in [0, 0.05) is 21.9 Å². The van der Waals surface area contributed by atoms with E-state index in [0.717, 1.165) is 0 Å². The lowest BCUT2D eigenvalue weighted by atomic mass is 10.00. The van der Waals surface area contributed by atoms with Crippen LogP contribution >= 0.6 is 23.1 Å². The summed E-state index contributed by atoms with van der Waals surface area (Å²) in [4.78, 5) is 2.74. The zero-order chi connectivity index (χ0) is 14.5. The van der Waals surface area contributed by atoms with E-state index >= 15 is 0 Å². The Kier molecular flexibility index (Phi) is 5.70. The van der Waals surface area contributed by atoms with Crippen LogP contribution in [0.25, 0.3) is 0 Å². The summed E-state index contributed by atoms with van der Waals surface area (Å²) in [6, 6.07) is 14.0. The SMILES string of the molecule is CSc1ccc(C(C)NC(c2cccs2)C(C)C)cc1. The van der Waals surface area contributed by atoms with Gasteiger partial charge in [0.1, 0.15) is 0 Å². The highest BCUT2D eigenvalue weighted by Crippen LogP contribution is 2.29. The van der Waals surface area contributed by atoms with E-state index in [0.29, 0.717) is 18.0 Å². The van der Waals surface area contributed by atoms with Crippen molar-refractivity contribution in [3.63, 3.8) is 0 Å². The van der Waals surface area contributed by atoms with Crippen LogP contribution in [0.15, 0.2) is 46.7 Å². The molecule has 1 N–H and O–H groups in total. The molecule has 2 unspecified atom stereocenters. The predicted molar refractivity (Wildman–Crippen MR) is 91.7 cm³/mol. The topological polar surface area (TPSA) is 12.0 Å². The van der Waals surface area contributed by atoms with Crippen molar-refractivity contribution in [1.82, 2.24) is 5.32 Å². The molecule has 2 rings (SSSR count). The van der Waals surface area contributed by atoms with E-state index in [1.54, 1.807) is 11.8 Å². The van der Waals surface area contributed by atoms with Gasteiger partial charge in [-0.25, -0.2) is 0 Å². The minimum absolute atomic E-state index is 0.361. The summed E-state index contributed by atoms with van der Waals surface area (Å²) in [5, 5.41) is 5.93. The van der Waals surface area contributed by atoms with Crippen LogP contribution in [-0.4, -0.2) is 6.26 Å². The van der Waals surface area contributed by atoms with Gasteiger partial charge in [0.2, 0.25) is 0 Å². The minimum atomic E-state index is 0.361. The van der Waals surface area contributed by atoms with Crippen LogP contribution in [-0.2, 0) is 0 Å². The van der Waals surface area contributed by atoms with Crippen LogP contribution in [0.4, 0.5) is 0 Å². The molecule has 0 spiro atoms. The summed E-state index contributed by atoms with van der Waals surface area (Å²) in [5.41, 5.74) is 1.35. The zero-order valence-corrected chi connectivity index (χ0v) is 14.2. The van der Waals surface area contributed by atoms with E-state index in [9.17, 15) is 0 Å². The monoisotopic (exact) mass is 305 g/mol. The van der Waals surface area contributed by atoms with Crippen LogP contribution in [0.5, 0.6) is 0 Å². The Bertz CT molecular complexity index is 502. The summed E-state index contributed by atoms with van der Waals surface area (Å²) in [6.45, 7) is 6.80. The minimum Gasteiger partial charge on any atom is -0.302 e. The Morgan fingerprint density at radius 1 is 1.05 bits per heavy atom. The maximum absolute atomic E-state index is 3.78. The highest BCUT2D eigenvalue weighted by atomic mass is 32.2. The lowest BCUT2D eigenvalue weighted by Crippen LogP contribution is -2.27. The molecule has 0 bridgehead atoms. The van der Waals surface area contributed by atoms with E-state index < -0.39 is 0 Å². The van der Waals surface area contributed by atoms with E-state index in [1.165, 1.54) is 15.3 Å². The average Bonchev–Trinajstić information content (AvgIpc) is 2.98. The fraction of sp³-hybridized carbons (Fsp3) is 0.412.